The Hall–Kier alpha value is -0.880. The first-order valence-electron chi connectivity index (χ1n) is 18.8. The van der Waals surface area contributed by atoms with E-state index in [2.05, 4.69) is 26.1 Å². The van der Waals surface area contributed by atoms with Crippen LogP contribution in [0.15, 0.2) is 0 Å². The zero-order chi connectivity index (χ0) is 37.3. The molecule has 8 N–H and O–H groups in total. The van der Waals surface area contributed by atoms with E-state index < -0.39 is 56.4 Å². The number of rotatable bonds is 16. The fraction of sp³-hybridized carbons (Fsp3) is 0.943. The Morgan fingerprint density at radius 3 is 2.10 bits per heavy atom. The highest BCUT2D eigenvalue weighted by Crippen LogP contribution is 2.70. The normalized spacial score (nSPS) is 35.7. The van der Waals surface area contributed by atoms with Crippen LogP contribution in [0.4, 0.5) is 0 Å². The van der Waals surface area contributed by atoms with E-state index in [1.165, 1.54) is 6.42 Å². The molecular weight excluding hydrogens is 688 g/mol. The van der Waals surface area contributed by atoms with Gasteiger partial charge in [-0.1, -0.05) is 46.5 Å². The van der Waals surface area contributed by atoms with Crippen LogP contribution in [0.3, 0.4) is 0 Å². The molecule has 0 aliphatic heterocycles. The van der Waals surface area contributed by atoms with Crippen LogP contribution in [-0.4, -0.2) is 76.2 Å². The largest absolute Gasteiger partial charge is 0.462 e. The molecule has 4 aliphatic rings. The molecule has 0 aromatic heterocycles. The van der Waals surface area contributed by atoms with Crippen molar-refractivity contribution < 1.29 is 58.3 Å². The number of aliphatic hydroxyl groups is 3. The van der Waals surface area contributed by atoms with E-state index in [0.717, 1.165) is 57.8 Å². The maximum atomic E-state index is 13.2. The van der Waals surface area contributed by atoms with Gasteiger partial charge in [-0.2, -0.15) is 0 Å². The van der Waals surface area contributed by atoms with Gasteiger partial charge in [0.1, 0.15) is 6.10 Å². The lowest BCUT2D eigenvalue weighted by Gasteiger charge is -2.63. The summed E-state index contributed by atoms with van der Waals surface area (Å²) in [6.45, 7) is 8.69. The lowest BCUT2D eigenvalue weighted by molar-refractivity contribution is -0.197. The van der Waals surface area contributed by atoms with E-state index in [1.54, 1.807) is 0 Å². The van der Waals surface area contributed by atoms with Crippen molar-refractivity contribution in [2.75, 3.05) is 6.54 Å². The maximum absolute atomic E-state index is 13.2. The third-order valence-corrected chi connectivity index (χ3v) is 17.6. The van der Waals surface area contributed by atoms with Gasteiger partial charge in [-0.3, -0.25) is 18.7 Å². The zero-order valence-electron chi connectivity index (χ0n) is 30.3. The molecule has 0 radical (unpaired) electrons. The maximum Gasteiger partial charge on any atom is 0.369 e. The summed E-state index contributed by atoms with van der Waals surface area (Å²) in [7, 11) is -11.2. The molecule has 0 saturated heterocycles. The smallest absolute Gasteiger partial charge is 0.369 e. The minimum absolute atomic E-state index is 0.00435. The second-order valence-electron chi connectivity index (χ2n) is 16.8. The van der Waals surface area contributed by atoms with Crippen LogP contribution in [0.25, 0.3) is 0 Å². The predicted octanol–water partition coefficient (Wildman–Crippen LogP) is 4.93. The number of carbonyl (C=O) groups excluding carboxylic acids is 2. The highest BCUT2D eigenvalue weighted by molar-refractivity contribution is 7.72. The average Bonchev–Trinajstić information content (AvgIpc) is 3.38. The number of hydrogen-bond acceptors (Lipinski definition) is 8. The van der Waals surface area contributed by atoms with E-state index >= 15 is 0 Å². The monoisotopic (exact) mass is 751 g/mol. The number of ether oxygens (including phenoxy) is 1. The molecule has 0 aromatic rings. The minimum atomic E-state index is -5.58. The van der Waals surface area contributed by atoms with Crippen molar-refractivity contribution in [3.63, 3.8) is 0 Å². The van der Waals surface area contributed by atoms with Gasteiger partial charge >= 0.3 is 21.2 Å². The molecule has 4 saturated carbocycles. The summed E-state index contributed by atoms with van der Waals surface area (Å²) in [4.78, 5) is 62.8. The molecule has 4 rings (SSSR count). The summed E-state index contributed by atoms with van der Waals surface area (Å²) in [6, 6.07) is 0. The molecule has 0 bridgehead atoms. The molecule has 15 heteroatoms. The highest BCUT2D eigenvalue weighted by Gasteiger charge is 2.64. The van der Waals surface area contributed by atoms with Crippen molar-refractivity contribution in [3.8, 4) is 0 Å². The summed E-state index contributed by atoms with van der Waals surface area (Å²) in [5.74, 6) is 0.299. The average molecular weight is 752 g/mol. The van der Waals surface area contributed by atoms with E-state index in [9.17, 15) is 53.6 Å². The van der Waals surface area contributed by atoms with Gasteiger partial charge in [0.15, 0.2) is 0 Å². The standard InChI is InChI=1S/C35H63NO12P2/c1-5-6-7-8-16-34(4,40)29-11-10-25-24-22-28(27-21-23(37)14-18-32(27,2)26(24)15-19-33(25,29)3)48-31(39)13-12-30(38)36-20-9-17-35(41,49(42,43)44)50(45,46)47/h23-29,37,40-41H,5-22H2,1-4H3,(H,36,38)(H2,42,43,44)(H2,45,46,47)/t23-,24-,25-,26-,27?,28-,29-,32+,33-,34-/m0/s1. The number of hydrogen-bond donors (Lipinski definition) is 8. The number of aliphatic hydroxyl groups excluding tert-OH is 1. The quantitative estimate of drug-likeness (QED) is 0.0597. The van der Waals surface area contributed by atoms with Gasteiger partial charge in [0.05, 0.1) is 18.1 Å². The number of amides is 1. The number of fused-ring (bicyclic) bond motifs is 5. The lowest BCUT2D eigenvalue weighted by atomic mass is 9.43. The lowest BCUT2D eigenvalue weighted by Crippen LogP contribution is -2.59. The third-order valence-electron chi connectivity index (χ3n) is 13.7. The predicted molar refractivity (Wildman–Crippen MR) is 186 cm³/mol. The first-order valence-corrected chi connectivity index (χ1v) is 22.0. The Morgan fingerprint density at radius 1 is 0.820 bits per heavy atom. The van der Waals surface area contributed by atoms with Crippen molar-refractivity contribution in [2.24, 2.45) is 40.4 Å². The fourth-order valence-corrected chi connectivity index (χ4v) is 13.3. The summed E-state index contributed by atoms with van der Waals surface area (Å²) >= 11 is 0. The van der Waals surface area contributed by atoms with E-state index in [-0.39, 0.29) is 48.5 Å². The van der Waals surface area contributed by atoms with Crippen molar-refractivity contribution in [3.05, 3.63) is 0 Å². The van der Waals surface area contributed by atoms with Gasteiger partial charge in [-0.05, 0) is 106 Å². The van der Waals surface area contributed by atoms with Crippen LogP contribution in [-0.2, 0) is 23.5 Å². The summed E-state index contributed by atoms with van der Waals surface area (Å²) in [6.07, 6.45) is 9.72. The second-order valence-corrected chi connectivity index (χ2v) is 20.8. The SMILES string of the molecule is CCCCCC[C@](C)(O)[C@H]1CC[C@H]2[C@@H]3C[C@H](OC(=O)CCC(=O)NCCCC(O)(P(=O)(O)O)P(=O)(O)O)C4C[C@@H](O)CC[C@]4(C)[C@H]3CC[C@@]21C. The minimum Gasteiger partial charge on any atom is -0.462 e. The molecule has 13 nitrogen and oxygen atoms in total. The molecule has 0 aromatic carbocycles. The van der Waals surface area contributed by atoms with Crippen molar-refractivity contribution >= 4 is 27.1 Å². The van der Waals surface area contributed by atoms with Crippen molar-refractivity contribution in [2.45, 2.75) is 160 Å². The molecule has 0 spiro atoms. The molecule has 0 heterocycles. The molecule has 1 unspecified atom stereocenters. The van der Waals surface area contributed by atoms with Crippen LogP contribution in [0.2, 0.25) is 0 Å². The molecule has 50 heavy (non-hydrogen) atoms. The number of nitrogens with one attached hydrogen (secondary N) is 1. The topological polar surface area (TPSA) is 231 Å². The van der Waals surface area contributed by atoms with Crippen LogP contribution < -0.4 is 5.32 Å². The Morgan fingerprint density at radius 2 is 1.46 bits per heavy atom. The molecule has 10 atom stereocenters. The third kappa shape index (κ3) is 8.57. The van der Waals surface area contributed by atoms with Gasteiger partial charge in [0, 0.05) is 25.3 Å². The van der Waals surface area contributed by atoms with E-state index in [1.807, 2.05) is 6.92 Å². The van der Waals surface area contributed by atoms with Crippen LogP contribution in [0.1, 0.15) is 137 Å². The van der Waals surface area contributed by atoms with Crippen LogP contribution in [0.5, 0.6) is 0 Å². The summed E-state index contributed by atoms with van der Waals surface area (Å²) < 4.78 is 29.3. The van der Waals surface area contributed by atoms with Crippen molar-refractivity contribution in [1.29, 1.82) is 0 Å². The van der Waals surface area contributed by atoms with Crippen molar-refractivity contribution in [1.82, 2.24) is 5.32 Å². The Labute approximate surface area is 297 Å². The van der Waals surface area contributed by atoms with Gasteiger partial charge in [-0.15, -0.1) is 0 Å². The van der Waals surface area contributed by atoms with Crippen LogP contribution >= 0.6 is 15.2 Å². The van der Waals surface area contributed by atoms with E-state index in [4.69, 9.17) is 4.74 Å². The molecule has 290 valence electrons. The van der Waals surface area contributed by atoms with Gasteiger partial charge < -0.3 is 44.9 Å². The first kappa shape index (κ1) is 41.9. The summed E-state index contributed by atoms with van der Waals surface area (Å²) in [5, 5.41) is 31.5. The fourth-order valence-electron chi connectivity index (χ4n) is 11.0. The molecular formula is C35H63NO12P2. The second kappa shape index (κ2) is 15.8. The molecule has 4 aliphatic carbocycles. The highest BCUT2D eigenvalue weighted by atomic mass is 31.2. The van der Waals surface area contributed by atoms with Gasteiger partial charge in [0.2, 0.25) is 5.91 Å². The Kier molecular flexibility index (Phi) is 13.3. The first-order chi connectivity index (χ1) is 23.1. The Bertz CT molecular complexity index is 1280. The van der Waals surface area contributed by atoms with Gasteiger partial charge in [-0.25, -0.2) is 0 Å². The number of esters is 1. The Balaban J connectivity index is 1.38. The summed E-state index contributed by atoms with van der Waals surface area (Å²) in [5.41, 5.74) is -0.840. The number of carbonyl (C=O) groups is 2. The van der Waals surface area contributed by atoms with Crippen LogP contribution in [0, 0.1) is 40.4 Å². The number of unbranched alkanes of at least 4 members (excludes halogenated alkanes) is 3. The zero-order valence-corrected chi connectivity index (χ0v) is 32.1. The molecule has 4 fully saturated rings. The van der Waals surface area contributed by atoms with Gasteiger partial charge in [0.25, 0.3) is 5.08 Å². The van der Waals surface area contributed by atoms with E-state index in [0.29, 0.717) is 37.0 Å². The molecule has 1 amide bonds.